The van der Waals surface area contributed by atoms with Crippen molar-refractivity contribution in [2.75, 3.05) is 18.6 Å². The first kappa shape index (κ1) is 27.4. The van der Waals surface area contributed by atoms with Crippen LogP contribution in [0.5, 0.6) is 11.5 Å². The minimum absolute atomic E-state index is 0.00188. The zero-order chi connectivity index (χ0) is 28.4. The highest BCUT2D eigenvalue weighted by Crippen LogP contribution is 2.45. The van der Waals surface area contributed by atoms with Crippen molar-refractivity contribution < 1.29 is 24.2 Å². The fourth-order valence-electron chi connectivity index (χ4n) is 5.02. The Morgan fingerprint density at radius 2 is 1.80 bits per heavy atom. The van der Waals surface area contributed by atoms with E-state index in [-0.39, 0.29) is 11.3 Å². The maximum atomic E-state index is 13.6. The summed E-state index contributed by atoms with van der Waals surface area (Å²) in [7, 11) is 1.53. The van der Waals surface area contributed by atoms with Crippen molar-refractivity contribution in [3.8, 4) is 11.5 Å². The third-order valence-electron chi connectivity index (χ3n) is 7.02. The number of fused-ring (bicyclic) bond motifs is 1. The summed E-state index contributed by atoms with van der Waals surface area (Å²) in [4.78, 5) is 33.4. The number of carbonyl (C=O) groups excluding carboxylic acids is 2. The number of Topliss-reactive ketones (excluding diaryl/α,β-unsaturated/α-hetero) is 1. The van der Waals surface area contributed by atoms with Crippen molar-refractivity contribution >= 4 is 44.1 Å². The zero-order valence-electron chi connectivity index (χ0n) is 23.1. The highest BCUT2D eigenvalue weighted by Gasteiger charge is 2.48. The number of aromatic nitrogens is 1. The number of nitrogens with zero attached hydrogens (tertiary/aromatic N) is 2. The predicted molar refractivity (Wildman–Crippen MR) is 158 cm³/mol. The van der Waals surface area contributed by atoms with E-state index < -0.39 is 17.7 Å². The van der Waals surface area contributed by atoms with Gasteiger partial charge in [-0.05, 0) is 67.3 Å². The van der Waals surface area contributed by atoms with Crippen LogP contribution >= 0.6 is 11.3 Å². The van der Waals surface area contributed by atoms with E-state index in [0.717, 1.165) is 40.6 Å². The first-order valence-corrected chi connectivity index (χ1v) is 14.2. The van der Waals surface area contributed by atoms with Gasteiger partial charge in [0.05, 0.1) is 35.5 Å². The molecule has 40 heavy (non-hydrogen) atoms. The molecule has 1 aliphatic heterocycles. The molecule has 7 nitrogen and oxygen atoms in total. The molecule has 206 valence electrons. The van der Waals surface area contributed by atoms with E-state index in [0.29, 0.717) is 34.4 Å². The van der Waals surface area contributed by atoms with E-state index in [4.69, 9.17) is 14.5 Å². The Hall–Kier alpha value is -4.17. The van der Waals surface area contributed by atoms with E-state index in [2.05, 4.69) is 6.92 Å². The van der Waals surface area contributed by atoms with Crippen LogP contribution in [0, 0.1) is 13.8 Å². The normalized spacial score (nSPS) is 16.6. The highest BCUT2D eigenvalue weighted by molar-refractivity contribution is 7.22. The lowest BCUT2D eigenvalue weighted by Gasteiger charge is -2.23. The van der Waals surface area contributed by atoms with Crippen molar-refractivity contribution in [2.45, 2.75) is 46.1 Å². The summed E-state index contributed by atoms with van der Waals surface area (Å²) in [5.74, 6) is -0.537. The minimum atomic E-state index is -0.873. The largest absolute Gasteiger partial charge is 0.507 e. The van der Waals surface area contributed by atoms with Crippen molar-refractivity contribution in [1.82, 2.24) is 4.98 Å². The van der Waals surface area contributed by atoms with Gasteiger partial charge in [0.1, 0.15) is 17.3 Å². The van der Waals surface area contributed by atoms with Gasteiger partial charge < -0.3 is 14.6 Å². The molecule has 1 amide bonds. The maximum absolute atomic E-state index is 13.6. The molecule has 0 spiro atoms. The number of rotatable bonds is 9. The van der Waals surface area contributed by atoms with Gasteiger partial charge in [-0.3, -0.25) is 14.5 Å². The Labute approximate surface area is 237 Å². The second-order valence-corrected chi connectivity index (χ2v) is 11.0. The molecule has 3 aromatic carbocycles. The second-order valence-electron chi connectivity index (χ2n) is 9.95. The Kier molecular flexibility index (Phi) is 7.89. The summed E-state index contributed by atoms with van der Waals surface area (Å²) in [5.41, 5.74) is 3.92. The lowest BCUT2D eigenvalue weighted by atomic mass is 9.95. The number of carbonyl (C=O) groups is 2. The van der Waals surface area contributed by atoms with Gasteiger partial charge in [-0.15, -0.1) is 0 Å². The van der Waals surface area contributed by atoms with Crippen LogP contribution in [0.15, 0.2) is 66.2 Å². The molecule has 1 N–H and O–H groups in total. The van der Waals surface area contributed by atoms with E-state index >= 15 is 0 Å². The molecular weight excluding hydrogens is 524 g/mol. The number of unbranched alkanes of at least 4 members (excludes halogenated alkanes) is 2. The number of benzene rings is 3. The number of aliphatic hydroxyl groups is 1. The van der Waals surface area contributed by atoms with Crippen molar-refractivity contribution in [2.24, 2.45) is 0 Å². The van der Waals surface area contributed by atoms with Gasteiger partial charge in [0.2, 0.25) is 0 Å². The lowest BCUT2D eigenvalue weighted by molar-refractivity contribution is -0.132. The smallest absolute Gasteiger partial charge is 0.301 e. The van der Waals surface area contributed by atoms with E-state index in [1.165, 1.54) is 23.3 Å². The molecular formula is C32H32N2O5S. The number of methoxy groups -OCH3 is 1. The molecule has 1 atom stereocenters. The average molecular weight is 557 g/mol. The molecule has 4 aromatic rings. The predicted octanol–water partition coefficient (Wildman–Crippen LogP) is 7.12. The first-order chi connectivity index (χ1) is 19.3. The molecule has 1 fully saturated rings. The number of hydrogen-bond donors (Lipinski definition) is 1. The molecule has 1 aromatic heterocycles. The van der Waals surface area contributed by atoms with Gasteiger partial charge in [-0.25, -0.2) is 4.98 Å². The third kappa shape index (κ3) is 5.19. The molecule has 5 rings (SSSR count). The highest BCUT2D eigenvalue weighted by atomic mass is 32.1. The monoisotopic (exact) mass is 556 g/mol. The summed E-state index contributed by atoms with van der Waals surface area (Å²) < 4.78 is 12.1. The summed E-state index contributed by atoms with van der Waals surface area (Å²) >= 11 is 1.35. The number of aryl methyl sites for hydroxylation is 2. The van der Waals surface area contributed by atoms with Crippen LogP contribution < -0.4 is 14.4 Å². The molecule has 1 saturated heterocycles. The number of hydrogen-bond acceptors (Lipinski definition) is 7. The van der Waals surface area contributed by atoms with Crippen LogP contribution in [-0.2, 0) is 9.59 Å². The summed E-state index contributed by atoms with van der Waals surface area (Å²) in [6, 6.07) is 17.3. The summed E-state index contributed by atoms with van der Waals surface area (Å²) in [5, 5.41) is 11.9. The van der Waals surface area contributed by atoms with Gasteiger partial charge in [0.25, 0.3) is 5.78 Å². The van der Waals surface area contributed by atoms with Crippen LogP contribution in [0.2, 0.25) is 0 Å². The molecule has 0 bridgehead atoms. The van der Waals surface area contributed by atoms with Crippen molar-refractivity contribution in [3.05, 3.63) is 88.5 Å². The molecule has 0 radical (unpaired) electrons. The third-order valence-corrected chi connectivity index (χ3v) is 8.03. The minimum Gasteiger partial charge on any atom is -0.507 e. The molecule has 8 heteroatoms. The first-order valence-electron chi connectivity index (χ1n) is 13.4. The van der Waals surface area contributed by atoms with E-state index in [9.17, 15) is 14.7 Å². The van der Waals surface area contributed by atoms with Crippen LogP contribution in [0.25, 0.3) is 16.0 Å². The number of anilines is 1. The average Bonchev–Trinajstić information content (AvgIpc) is 3.49. The van der Waals surface area contributed by atoms with Gasteiger partial charge >= 0.3 is 5.91 Å². The molecule has 1 unspecified atom stereocenters. The number of ether oxygens (including phenoxy) is 2. The van der Waals surface area contributed by atoms with E-state index in [1.807, 2.05) is 50.2 Å². The fourth-order valence-corrected chi connectivity index (χ4v) is 6.19. The van der Waals surface area contributed by atoms with Crippen molar-refractivity contribution in [1.29, 1.82) is 0 Å². The molecule has 0 saturated carbocycles. The zero-order valence-corrected chi connectivity index (χ0v) is 23.9. The lowest BCUT2D eigenvalue weighted by Crippen LogP contribution is -2.29. The Balaban J connectivity index is 1.63. The summed E-state index contributed by atoms with van der Waals surface area (Å²) in [6.07, 6.45) is 3.17. The van der Waals surface area contributed by atoms with E-state index in [1.54, 1.807) is 24.3 Å². The number of thiazole rings is 1. The summed E-state index contributed by atoms with van der Waals surface area (Å²) in [6.45, 7) is 6.75. The fraction of sp³-hybridized carbons (Fsp3) is 0.281. The van der Waals surface area contributed by atoms with Crippen LogP contribution in [0.3, 0.4) is 0 Å². The maximum Gasteiger partial charge on any atom is 0.301 e. The van der Waals surface area contributed by atoms with Crippen LogP contribution in [0.4, 0.5) is 5.13 Å². The van der Waals surface area contributed by atoms with Gasteiger partial charge in [0, 0.05) is 5.56 Å². The van der Waals surface area contributed by atoms with Gasteiger partial charge in [0.15, 0.2) is 5.13 Å². The van der Waals surface area contributed by atoms with Crippen LogP contribution in [0.1, 0.15) is 54.5 Å². The topological polar surface area (TPSA) is 89.0 Å². The Bertz CT molecular complexity index is 1610. The van der Waals surface area contributed by atoms with Gasteiger partial charge in [-0.1, -0.05) is 61.4 Å². The quantitative estimate of drug-likeness (QED) is 0.102. The SMILES string of the molecule is CCCCCOc1ccc(C2/C(=C(\O)c3cccc(OC)c3)C(=O)C(=O)N2c2nc3c(C)cc(C)cc3s2)cc1. The number of amides is 1. The number of ketones is 1. The Morgan fingerprint density at radius 3 is 2.52 bits per heavy atom. The van der Waals surface area contributed by atoms with Gasteiger partial charge in [-0.2, -0.15) is 0 Å². The van der Waals surface area contributed by atoms with Crippen molar-refractivity contribution in [3.63, 3.8) is 0 Å². The van der Waals surface area contributed by atoms with Crippen LogP contribution in [-0.4, -0.2) is 35.5 Å². The standard InChI is InChI=1S/C32H32N2O5S/c1-5-6-7-15-39-23-13-11-21(12-14-23)28-26(29(35)22-9-8-10-24(18-22)38-4)30(36)31(37)34(28)32-33-27-20(3)16-19(2)17-25(27)40-32/h8-14,16-18,28,35H,5-7,15H2,1-4H3/b29-26+. The molecule has 0 aliphatic carbocycles. The molecule has 2 heterocycles. The number of aliphatic hydroxyl groups excluding tert-OH is 1. The Morgan fingerprint density at radius 1 is 1.02 bits per heavy atom. The molecule has 1 aliphatic rings. The second kappa shape index (κ2) is 11.5.